The molecule has 2 heterocycles. The first kappa shape index (κ1) is 21.3. The third kappa shape index (κ3) is 4.13. The minimum absolute atomic E-state index is 0.0797. The molecule has 4 rings (SSSR count). The fourth-order valence-corrected chi connectivity index (χ4v) is 3.46. The van der Waals surface area contributed by atoms with E-state index < -0.39 is 36.5 Å². The second-order valence-corrected chi connectivity index (χ2v) is 7.31. The van der Waals surface area contributed by atoms with Crippen molar-refractivity contribution in [1.29, 1.82) is 0 Å². The van der Waals surface area contributed by atoms with E-state index in [9.17, 15) is 23.2 Å². The van der Waals surface area contributed by atoms with Gasteiger partial charge in [0, 0.05) is 6.54 Å². The number of urea groups is 1. The number of amides is 4. The molecule has 4 amide bonds. The maximum Gasteiger partial charge on any atom is 0.387 e. The van der Waals surface area contributed by atoms with E-state index in [1.807, 2.05) is 0 Å². The molecule has 0 spiro atoms. The molecular formula is C21H19F2N3O6. The SMILES string of the molecule is C[C@@]1(c2ccc(OC(F)F)cc2)NC(=O)N(CC(=O)NCc2ccc3c(c2)OCO3)C1=O. The molecule has 11 heteroatoms. The molecule has 0 aliphatic carbocycles. The highest BCUT2D eigenvalue weighted by atomic mass is 19.3. The summed E-state index contributed by atoms with van der Waals surface area (Å²) in [5.41, 5.74) is -0.325. The fourth-order valence-electron chi connectivity index (χ4n) is 3.46. The van der Waals surface area contributed by atoms with E-state index >= 15 is 0 Å². The standard InChI is InChI=1S/C21H19F2N3O6/c1-21(13-3-5-14(6-4-13)32-19(22)23)18(28)26(20(29)25-21)10-17(27)24-9-12-2-7-15-16(8-12)31-11-30-15/h2-8,19H,9-11H2,1H3,(H,24,27)(H,25,29)/t21-/m0/s1. The summed E-state index contributed by atoms with van der Waals surface area (Å²) in [6.45, 7) is -1.67. The third-order valence-electron chi connectivity index (χ3n) is 5.16. The van der Waals surface area contributed by atoms with Crippen molar-refractivity contribution in [2.45, 2.75) is 25.6 Å². The summed E-state index contributed by atoms with van der Waals surface area (Å²) in [6.07, 6.45) is 0. The van der Waals surface area contributed by atoms with Crippen LogP contribution in [-0.4, -0.2) is 42.7 Å². The van der Waals surface area contributed by atoms with Gasteiger partial charge in [0.25, 0.3) is 5.91 Å². The summed E-state index contributed by atoms with van der Waals surface area (Å²) >= 11 is 0. The van der Waals surface area contributed by atoms with Gasteiger partial charge in [0.15, 0.2) is 11.5 Å². The number of carbonyl (C=O) groups is 3. The molecule has 0 saturated carbocycles. The summed E-state index contributed by atoms with van der Waals surface area (Å²) in [5.74, 6) is -0.0534. The van der Waals surface area contributed by atoms with E-state index in [2.05, 4.69) is 15.4 Å². The Hall–Kier alpha value is -3.89. The molecule has 2 aromatic carbocycles. The summed E-state index contributed by atoms with van der Waals surface area (Å²) in [7, 11) is 0. The van der Waals surface area contributed by atoms with Crippen LogP contribution in [0.15, 0.2) is 42.5 Å². The van der Waals surface area contributed by atoms with Crippen LogP contribution in [0.1, 0.15) is 18.1 Å². The van der Waals surface area contributed by atoms with E-state index in [4.69, 9.17) is 9.47 Å². The Morgan fingerprint density at radius 1 is 1.19 bits per heavy atom. The zero-order valence-electron chi connectivity index (χ0n) is 16.9. The van der Waals surface area contributed by atoms with Gasteiger partial charge in [0.05, 0.1) is 0 Å². The molecule has 0 radical (unpaired) electrons. The first-order chi connectivity index (χ1) is 15.3. The van der Waals surface area contributed by atoms with Crippen molar-refractivity contribution < 1.29 is 37.4 Å². The molecule has 2 aromatic rings. The Morgan fingerprint density at radius 2 is 1.91 bits per heavy atom. The van der Waals surface area contributed by atoms with Gasteiger partial charge in [-0.3, -0.25) is 14.5 Å². The van der Waals surface area contributed by atoms with Gasteiger partial charge in [-0.05, 0) is 42.3 Å². The van der Waals surface area contributed by atoms with Crippen LogP contribution in [-0.2, 0) is 21.7 Å². The highest BCUT2D eigenvalue weighted by Crippen LogP contribution is 2.32. The minimum Gasteiger partial charge on any atom is -0.454 e. The van der Waals surface area contributed by atoms with Gasteiger partial charge in [-0.2, -0.15) is 8.78 Å². The van der Waals surface area contributed by atoms with Gasteiger partial charge in [-0.25, -0.2) is 4.79 Å². The number of fused-ring (bicyclic) bond motifs is 1. The van der Waals surface area contributed by atoms with E-state index in [0.29, 0.717) is 17.1 Å². The molecule has 0 aromatic heterocycles. The van der Waals surface area contributed by atoms with Crippen LogP contribution in [0.2, 0.25) is 0 Å². The summed E-state index contributed by atoms with van der Waals surface area (Å²) in [5, 5.41) is 5.21. The lowest BCUT2D eigenvalue weighted by molar-refractivity contribution is -0.134. The second-order valence-electron chi connectivity index (χ2n) is 7.31. The van der Waals surface area contributed by atoms with Crippen molar-refractivity contribution in [1.82, 2.24) is 15.5 Å². The molecule has 1 fully saturated rings. The monoisotopic (exact) mass is 447 g/mol. The Labute approximate surface area is 181 Å². The lowest BCUT2D eigenvalue weighted by Crippen LogP contribution is -2.43. The van der Waals surface area contributed by atoms with Crippen LogP contribution in [0.25, 0.3) is 0 Å². The number of imide groups is 1. The van der Waals surface area contributed by atoms with Crippen LogP contribution in [0, 0.1) is 0 Å². The molecule has 9 nitrogen and oxygen atoms in total. The van der Waals surface area contributed by atoms with Crippen LogP contribution in [0.4, 0.5) is 13.6 Å². The van der Waals surface area contributed by atoms with Gasteiger partial charge < -0.3 is 24.8 Å². The lowest BCUT2D eigenvalue weighted by atomic mass is 9.92. The molecule has 168 valence electrons. The first-order valence-electron chi connectivity index (χ1n) is 9.61. The predicted octanol–water partition coefficient (Wildman–Crippen LogP) is 2.10. The van der Waals surface area contributed by atoms with Gasteiger partial charge >= 0.3 is 12.6 Å². The minimum atomic E-state index is -2.98. The quantitative estimate of drug-likeness (QED) is 0.630. The number of nitrogens with zero attached hydrogens (tertiary/aromatic N) is 1. The fraction of sp³-hybridized carbons (Fsp3) is 0.286. The topological polar surface area (TPSA) is 106 Å². The van der Waals surface area contributed by atoms with Crippen LogP contribution in [0.3, 0.4) is 0 Å². The molecule has 2 aliphatic rings. The Kier molecular flexibility index (Phi) is 5.56. The average Bonchev–Trinajstić information content (AvgIpc) is 3.30. The lowest BCUT2D eigenvalue weighted by Gasteiger charge is -2.22. The van der Waals surface area contributed by atoms with Gasteiger partial charge in [0.1, 0.15) is 17.8 Å². The number of carbonyl (C=O) groups excluding carboxylic acids is 3. The van der Waals surface area contributed by atoms with Crippen molar-refractivity contribution in [3.63, 3.8) is 0 Å². The number of rotatable bonds is 7. The molecular weight excluding hydrogens is 428 g/mol. The van der Waals surface area contributed by atoms with Crippen LogP contribution < -0.4 is 24.8 Å². The second kappa shape index (κ2) is 8.33. The number of halogens is 2. The van der Waals surface area contributed by atoms with Crippen molar-refractivity contribution in [3.05, 3.63) is 53.6 Å². The molecule has 32 heavy (non-hydrogen) atoms. The average molecular weight is 447 g/mol. The third-order valence-corrected chi connectivity index (χ3v) is 5.16. The Morgan fingerprint density at radius 3 is 2.62 bits per heavy atom. The van der Waals surface area contributed by atoms with E-state index in [1.165, 1.54) is 31.2 Å². The van der Waals surface area contributed by atoms with Gasteiger partial charge in [-0.15, -0.1) is 0 Å². The zero-order valence-corrected chi connectivity index (χ0v) is 16.9. The Balaban J connectivity index is 1.38. The van der Waals surface area contributed by atoms with Crippen molar-refractivity contribution in [3.8, 4) is 17.2 Å². The number of alkyl halides is 2. The molecule has 2 aliphatic heterocycles. The van der Waals surface area contributed by atoms with Crippen molar-refractivity contribution in [2.24, 2.45) is 0 Å². The predicted molar refractivity (Wildman–Crippen MR) is 105 cm³/mol. The highest BCUT2D eigenvalue weighted by molar-refractivity contribution is 6.09. The smallest absolute Gasteiger partial charge is 0.387 e. The number of hydrogen-bond donors (Lipinski definition) is 2. The number of nitrogens with one attached hydrogen (secondary N) is 2. The zero-order chi connectivity index (χ0) is 22.9. The molecule has 1 atom stereocenters. The van der Waals surface area contributed by atoms with E-state index in [0.717, 1.165) is 10.5 Å². The maximum atomic E-state index is 12.9. The maximum absolute atomic E-state index is 12.9. The molecule has 1 saturated heterocycles. The van der Waals surface area contributed by atoms with Crippen LogP contribution in [0.5, 0.6) is 17.2 Å². The molecule has 2 N–H and O–H groups in total. The number of ether oxygens (including phenoxy) is 3. The van der Waals surface area contributed by atoms with E-state index in [-0.39, 0.29) is 19.1 Å². The van der Waals surface area contributed by atoms with Crippen LogP contribution >= 0.6 is 0 Å². The molecule has 0 bridgehead atoms. The summed E-state index contributed by atoms with van der Waals surface area (Å²) < 4.78 is 39.5. The van der Waals surface area contributed by atoms with Crippen molar-refractivity contribution in [2.75, 3.05) is 13.3 Å². The summed E-state index contributed by atoms with van der Waals surface area (Å²) in [4.78, 5) is 38.5. The van der Waals surface area contributed by atoms with E-state index in [1.54, 1.807) is 18.2 Å². The number of hydrogen-bond acceptors (Lipinski definition) is 6. The molecule has 0 unspecified atom stereocenters. The highest BCUT2D eigenvalue weighted by Gasteiger charge is 2.49. The largest absolute Gasteiger partial charge is 0.454 e. The van der Waals surface area contributed by atoms with Gasteiger partial charge in [-0.1, -0.05) is 18.2 Å². The normalized spacial score (nSPS) is 19.3. The Bertz CT molecular complexity index is 1060. The van der Waals surface area contributed by atoms with Gasteiger partial charge in [0.2, 0.25) is 12.7 Å². The number of benzene rings is 2. The summed E-state index contributed by atoms with van der Waals surface area (Å²) in [6, 6.07) is 9.83. The van der Waals surface area contributed by atoms with Crippen molar-refractivity contribution >= 4 is 17.8 Å². The first-order valence-corrected chi connectivity index (χ1v) is 9.61.